The first-order valence-corrected chi connectivity index (χ1v) is 7.89. The standard InChI is InChI=1S/C5H14O9P2/c6-1-5(2-7,3-8)4-14-16(12,13)15(9,10)11/h6-8H,1-4H2,(H,12,13)(H2,9,10,11). The Hall–Kier alpha value is 0.180. The van der Waals surface area contributed by atoms with Crippen LogP contribution in [0.1, 0.15) is 0 Å². The zero-order valence-corrected chi connectivity index (χ0v) is 9.92. The van der Waals surface area contributed by atoms with Crippen molar-refractivity contribution in [3.05, 3.63) is 0 Å². The van der Waals surface area contributed by atoms with Crippen molar-refractivity contribution in [2.24, 2.45) is 5.41 Å². The molecule has 0 bridgehead atoms. The maximum absolute atomic E-state index is 11.0. The van der Waals surface area contributed by atoms with Gasteiger partial charge in [-0.15, -0.1) is 0 Å². The summed E-state index contributed by atoms with van der Waals surface area (Å²) in [6.45, 7) is -3.20. The van der Waals surface area contributed by atoms with Crippen molar-refractivity contribution in [3.63, 3.8) is 0 Å². The molecule has 0 aliphatic carbocycles. The summed E-state index contributed by atoms with van der Waals surface area (Å²) in [5.41, 5.74) is -1.63. The van der Waals surface area contributed by atoms with Crippen molar-refractivity contribution in [2.45, 2.75) is 0 Å². The number of hydrogen-bond donors (Lipinski definition) is 6. The second-order valence-electron chi connectivity index (χ2n) is 3.25. The Balaban J connectivity index is 4.67. The van der Waals surface area contributed by atoms with E-state index in [0.29, 0.717) is 0 Å². The van der Waals surface area contributed by atoms with E-state index >= 15 is 0 Å². The van der Waals surface area contributed by atoms with Gasteiger partial charge < -0.3 is 30.0 Å². The van der Waals surface area contributed by atoms with E-state index in [4.69, 9.17) is 30.0 Å². The summed E-state index contributed by atoms with van der Waals surface area (Å²) in [6, 6.07) is 0. The van der Waals surface area contributed by atoms with Crippen molar-refractivity contribution >= 4 is 14.6 Å². The fourth-order valence-electron chi connectivity index (χ4n) is 0.583. The number of aliphatic hydroxyl groups is 3. The summed E-state index contributed by atoms with van der Waals surface area (Å²) in [6.07, 6.45) is 0. The molecule has 6 N–H and O–H groups in total. The van der Waals surface area contributed by atoms with Crippen LogP contribution in [-0.4, -0.2) is 56.4 Å². The highest BCUT2D eigenvalue weighted by Crippen LogP contribution is 2.75. The zero-order valence-electron chi connectivity index (χ0n) is 8.13. The molecule has 0 fully saturated rings. The van der Waals surface area contributed by atoms with Crippen LogP contribution in [-0.2, 0) is 13.7 Å². The molecule has 0 radical (unpaired) electrons. The van der Waals surface area contributed by atoms with Gasteiger partial charge in [-0.25, -0.2) is 9.13 Å². The van der Waals surface area contributed by atoms with Crippen LogP contribution < -0.4 is 0 Å². The minimum atomic E-state index is -5.34. The maximum atomic E-state index is 11.0. The van der Waals surface area contributed by atoms with E-state index in [1.165, 1.54) is 0 Å². The fourth-order valence-corrected chi connectivity index (χ4v) is 1.80. The monoisotopic (exact) mass is 280 g/mol. The van der Waals surface area contributed by atoms with Crippen LogP contribution >= 0.6 is 14.6 Å². The van der Waals surface area contributed by atoms with Gasteiger partial charge in [0.25, 0.3) is 0 Å². The molecule has 1 atom stereocenters. The Bertz CT molecular complexity index is 297. The molecular weight excluding hydrogens is 266 g/mol. The molecule has 0 aromatic carbocycles. The van der Waals surface area contributed by atoms with E-state index in [2.05, 4.69) is 4.52 Å². The van der Waals surface area contributed by atoms with Gasteiger partial charge in [-0.1, -0.05) is 0 Å². The predicted octanol–water partition coefficient (Wildman–Crippen LogP) is -1.76. The van der Waals surface area contributed by atoms with E-state index in [0.717, 1.165) is 0 Å². The molecule has 0 aliphatic rings. The smallest absolute Gasteiger partial charge is 0.396 e. The first-order valence-electron chi connectivity index (χ1n) is 4.00. The minimum absolute atomic E-state index is 0.777. The normalized spacial score (nSPS) is 17.1. The first-order chi connectivity index (χ1) is 7.14. The van der Waals surface area contributed by atoms with E-state index in [9.17, 15) is 9.13 Å². The average molecular weight is 280 g/mol. The van der Waals surface area contributed by atoms with Crippen LogP contribution in [0.5, 0.6) is 0 Å². The molecule has 0 aromatic rings. The molecule has 0 rings (SSSR count). The van der Waals surface area contributed by atoms with Crippen LogP contribution in [0, 0.1) is 5.41 Å². The number of hydrogen-bond acceptors (Lipinski definition) is 6. The summed E-state index contributed by atoms with van der Waals surface area (Å²) in [4.78, 5) is 25.7. The van der Waals surface area contributed by atoms with Gasteiger partial charge in [0.05, 0.1) is 31.8 Å². The van der Waals surface area contributed by atoms with Gasteiger partial charge in [0.15, 0.2) is 0 Å². The second kappa shape index (κ2) is 5.68. The third-order valence-corrected chi connectivity index (χ3v) is 5.32. The Morgan fingerprint density at radius 3 is 1.56 bits per heavy atom. The molecule has 0 saturated carbocycles. The average Bonchev–Trinajstić information content (AvgIpc) is 2.19. The van der Waals surface area contributed by atoms with Gasteiger partial charge in [-0.05, 0) is 0 Å². The van der Waals surface area contributed by atoms with Crippen molar-refractivity contribution in [1.29, 1.82) is 0 Å². The Labute approximate surface area is 90.9 Å². The second-order valence-corrected chi connectivity index (χ2v) is 8.60. The van der Waals surface area contributed by atoms with Gasteiger partial charge in [-0.3, -0.25) is 4.52 Å². The van der Waals surface area contributed by atoms with Crippen molar-refractivity contribution in [1.82, 2.24) is 0 Å². The quantitative estimate of drug-likeness (QED) is 0.296. The first kappa shape index (κ1) is 16.2. The molecular formula is C5H14O9P2. The van der Waals surface area contributed by atoms with E-state index < -0.39 is 46.4 Å². The van der Waals surface area contributed by atoms with Crippen LogP contribution in [0.2, 0.25) is 0 Å². The topological polar surface area (TPSA) is 165 Å². The highest BCUT2D eigenvalue weighted by molar-refractivity contribution is 8.26. The Morgan fingerprint density at radius 1 is 0.938 bits per heavy atom. The number of rotatable bonds is 7. The van der Waals surface area contributed by atoms with Crippen molar-refractivity contribution in [2.75, 3.05) is 26.4 Å². The summed E-state index contributed by atoms with van der Waals surface area (Å²) in [5, 5.41) is 26.4. The largest absolute Gasteiger partial charge is 0.438 e. The van der Waals surface area contributed by atoms with E-state index in [1.807, 2.05) is 0 Å². The molecule has 0 heterocycles. The molecule has 0 spiro atoms. The van der Waals surface area contributed by atoms with Gasteiger partial charge in [0.1, 0.15) is 0 Å². The SMILES string of the molecule is O=P(O)(O)P(=O)(O)OCC(CO)(CO)CO. The molecule has 9 nitrogen and oxygen atoms in total. The van der Waals surface area contributed by atoms with Gasteiger partial charge >= 0.3 is 14.6 Å². The predicted molar refractivity (Wildman–Crippen MR) is 51.5 cm³/mol. The highest BCUT2D eigenvalue weighted by atomic mass is 32.1. The molecule has 0 saturated heterocycles. The summed E-state index contributed by atoms with van der Waals surface area (Å²) < 4.78 is 25.6. The molecule has 11 heteroatoms. The van der Waals surface area contributed by atoms with E-state index in [1.54, 1.807) is 0 Å². The lowest BCUT2D eigenvalue weighted by molar-refractivity contribution is -0.0271. The lowest BCUT2D eigenvalue weighted by atomic mass is 9.93. The third-order valence-electron chi connectivity index (χ3n) is 1.87. The third kappa shape index (κ3) is 3.89. The van der Waals surface area contributed by atoms with Crippen LogP contribution in [0.15, 0.2) is 0 Å². The Kier molecular flexibility index (Phi) is 5.74. The van der Waals surface area contributed by atoms with Gasteiger partial charge in [0, 0.05) is 0 Å². The lowest BCUT2D eigenvalue weighted by Crippen LogP contribution is -2.38. The lowest BCUT2D eigenvalue weighted by Gasteiger charge is -2.27. The molecule has 16 heavy (non-hydrogen) atoms. The number of aliphatic hydroxyl groups excluding tert-OH is 3. The molecule has 0 aliphatic heterocycles. The molecule has 0 amide bonds. The molecule has 0 aromatic heterocycles. The van der Waals surface area contributed by atoms with Crippen molar-refractivity contribution < 1.29 is 43.7 Å². The van der Waals surface area contributed by atoms with Crippen molar-refractivity contribution in [3.8, 4) is 0 Å². The summed E-state index contributed by atoms with van der Waals surface area (Å²) >= 11 is 0. The van der Waals surface area contributed by atoms with Crippen LogP contribution in [0.3, 0.4) is 0 Å². The zero-order chi connectivity index (χ0) is 13.0. The minimum Gasteiger partial charge on any atom is -0.396 e. The fraction of sp³-hybridized carbons (Fsp3) is 1.00. The van der Waals surface area contributed by atoms with Crippen LogP contribution in [0.4, 0.5) is 0 Å². The Morgan fingerprint density at radius 2 is 1.31 bits per heavy atom. The summed E-state index contributed by atoms with van der Waals surface area (Å²) in [5.74, 6) is 0. The van der Waals surface area contributed by atoms with Gasteiger partial charge in [-0.2, -0.15) is 0 Å². The van der Waals surface area contributed by atoms with Crippen LogP contribution in [0.25, 0.3) is 0 Å². The maximum Gasteiger partial charge on any atom is 0.438 e. The highest BCUT2D eigenvalue weighted by Gasteiger charge is 2.44. The summed E-state index contributed by atoms with van der Waals surface area (Å²) in [7, 11) is -10.5. The van der Waals surface area contributed by atoms with E-state index in [-0.39, 0.29) is 0 Å². The molecule has 1 unspecified atom stereocenters. The van der Waals surface area contributed by atoms with Gasteiger partial charge in [0.2, 0.25) is 0 Å². The molecule has 98 valence electrons.